The molecule has 4 nitrogen and oxygen atoms in total. The number of hydrogen-bond acceptors (Lipinski definition) is 4. The lowest BCUT2D eigenvalue weighted by Gasteiger charge is -2.37. The van der Waals surface area contributed by atoms with Crippen LogP contribution >= 0.6 is 0 Å². The third-order valence-corrected chi connectivity index (χ3v) is 4.62. The fourth-order valence-corrected chi connectivity index (χ4v) is 3.30. The molecule has 1 N–H and O–H groups in total. The Bertz CT molecular complexity index is 437. The summed E-state index contributed by atoms with van der Waals surface area (Å²) in [7, 11) is 0. The van der Waals surface area contributed by atoms with Gasteiger partial charge in [0.25, 0.3) is 0 Å². The molecule has 0 spiro atoms. The van der Waals surface area contributed by atoms with Gasteiger partial charge in [-0.3, -0.25) is 9.80 Å². The SMILES string of the molecule is Cc1cccc(OCCN2CCN(C3CCNC3)CC2)c1. The molecule has 0 aliphatic carbocycles. The average molecular weight is 289 g/mol. The fourth-order valence-electron chi connectivity index (χ4n) is 3.30. The Labute approximate surface area is 128 Å². The molecule has 21 heavy (non-hydrogen) atoms. The van der Waals surface area contributed by atoms with E-state index in [1.807, 2.05) is 6.07 Å². The number of nitrogens with one attached hydrogen (secondary N) is 1. The molecule has 0 bridgehead atoms. The maximum absolute atomic E-state index is 5.85. The van der Waals surface area contributed by atoms with Crippen molar-refractivity contribution in [3.63, 3.8) is 0 Å². The lowest BCUT2D eigenvalue weighted by molar-refractivity contribution is 0.0921. The van der Waals surface area contributed by atoms with Crippen molar-refractivity contribution >= 4 is 0 Å². The summed E-state index contributed by atoms with van der Waals surface area (Å²) >= 11 is 0. The molecule has 2 aliphatic heterocycles. The Morgan fingerprint density at radius 1 is 1.24 bits per heavy atom. The normalized spacial score (nSPS) is 24.3. The minimum atomic E-state index is 0.774. The van der Waals surface area contributed by atoms with Gasteiger partial charge >= 0.3 is 0 Å². The van der Waals surface area contributed by atoms with Crippen molar-refractivity contribution in [2.45, 2.75) is 19.4 Å². The summed E-state index contributed by atoms with van der Waals surface area (Å²) in [6, 6.07) is 9.07. The van der Waals surface area contributed by atoms with Crippen molar-refractivity contribution in [1.29, 1.82) is 0 Å². The smallest absolute Gasteiger partial charge is 0.119 e. The number of rotatable bonds is 5. The zero-order valence-corrected chi connectivity index (χ0v) is 13.1. The van der Waals surface area contributed by atoms with Crippen molar-refractivity contribution < 1.29 is 4.74 Å². The second-order valence-corrected chi connectivity index (χ2v) is 6.19. The molecule has 1 aromatic carbocycles. The summed E-state index contributed by atoms with van der Waals surface area (Å²) < 4.78 is 5.85. The molecule has 0 amide bonds. The lowest BCUT2D eigenvalue weighted by atomic mass is 10.2. The second-order valence-electron chi connectivity index (χ2n) is 6.19. The van der Waals surface area contributed by atoms with E-state index in [4.69, 9.17) is 4.74 Å². The third kappa shape index (κ3) is 4.19. The summed E-state index contributed by atoms with van der Waals surface area (Å²) in [5.41, 5.74) is 1.26. The number of ether oxygens (including phenoxy) is 1. The summed E-state index contributed by atoms with van der Waals surface area (Å²) in [6.45, 7) is 11.0. The van der Waals surface area contributed by atoms with E-state index in [2.05, 4.69) is 40.2 Å². The quantitative estimate of drug-likeness (QED) is 0.886. The Kier molecular flexibility index (Phi) is 5.12. The van der Waals surface area contributed by atoms with E-state index in [9.17, 15) is 0 Å². The molecule has 1 unspecified atom stereocenters. The Balaban J connectivity index is 1.35. The van der Waals surface area contributed by atoms with Gasteiger partial charge in [0, 0.05) is 45.3 Å². The number of piperazine rings is 1. The van der Waals surface area contributed by atoms with Crippen LogP contribution in [0.3, 0.4) is 0 Å². The van der Waals surface area contributed by atoms with Crippen molar-refractivity contribution in [3.8, 4) is 5.75 Å². The standard InChI is InChI=1S/C17H27N3O/c1-15-3-2-4-17(13-15)21-12-11-19-7-9-20(10-8-19)16-5-6-18-14-16/h2-4,13,16,18H,5-12,14H2,1H3. The zero-order valence-electron chi connectivity index (χ0n) is 13.1. The predicted molar refractivity (Wildman–Crippen MR) is 86.0 cm³/mol. The van der Waals surface area contributed by atoms with Gasteiger partial charge in [-0.1, -0.05) is 12.1 Å². The molecular formula is C17H27N3O. The van der Waals surface area contributed by atoms with Gasteiger partial charge in [-0.15, -0.1) is 0 Å². The monoisotopic (exact) mass is 289 g/mol. The molecule has 2 heterocycles. The molecule has 3 rings (SSSR count). The highest BCUT2D eigenvalue weighted by Gasteiger charge is 2.25. The van der Waals surface area contributed by atoms with E-state index in [0.717, 1.165) is 24.9 Å². The first-order chi connectivity index (χ1) is 10.3. The molecule has 0 saturated carbocycles. The highest BCUT2D eigenvalue weighted by Crippen LogP contribution is 2.14. The topological polar surface area (TPSA) is 27.7 Å². The van der Waals surface area contributed by atoms with Crippen LogP contribution < -0.4 is 10.1 Å². The van der Waals surface area contributed by atoms with Gasteiger partial charge < -0.3 is 10.1 Å². The second kappa shape index (κ2) is 7.25. The van der Waals surface area contributed by atoms with E-state index in [1.165, 1.54) is 51.3 Å². The Morgan fingerprint density at radius 2 is 2.10 bits per heavy atom. The molecule has 4 heteroatoms. The third-order valence-electron chi connectivity index (χ3n) is 4.62. The number of aryl methyl sites for hydroxylation is 1. The first-order valence-electron chi connectivity index (χ1n) is 8.18. The Morgan fingerprint density at radius 3 is 2.81 bits per heavy atom. The van der Waals surface area contributed by atoms with Gasteiger partial charge in [0.2, 0.25) is 0 Å². The molecule has 116 valence electrons. The van der Waals surface area contributed by atoms with Crippen LogP contribution in [0.4, 0.5) is 0 Å². The summed E-state index contributed by atoms with van der Waals surface area (Å²) in [5.74, 6) is 0.991. The average Bonchev–Trinajstić information content (AvgIpc) is 3.02. The van der Waals surface area contributed by atoms with Gasteiger partial charge in [0.15, 0.2) is 0 Å². The van der Waals surface area contributed by atoms with Crippen molar-refractivity contribution in [2.75, 3.05) is 52.4 Å². The van der Waals surface area contributed by atoms with Crippen LogP contribution in [0.15, 0.2) is 24.3 Å². The predicted octanol–water partition coefficient (Wildman–Crippen LogP) is 1.35. The molecule has 1 atom stereocenters. The van der Waals surface area contributed by atoms with E-state index in [-0.39, 0.29) is 0 Å². The van der Waals surface area contributed by atoms with Crippen molar-refractivity contribution in [2.24, 2.45) is 0 Å². The lowest BCUT2D eigenvalue weighted by Crippen LogP contribution is -2.51. The number of benzene rings is 1. The molecule has 2 aliphatic rings. The van der Waals surface area contributed by atoms with Crippen LogP contribution in [0.1, 0.15) is 12.0 Å². The van der Waals surface area contributed by atoms with E-state index in [1.54, 1.807) is 0 Å². The maximum Gasteiger partial charge on any atom is 0.119 e. The van der Waals surface area contributed by atoms with Crippen molar-refractivity contribution in [3.05, 3.63) is 29.8 Å². The van der Waals surface area contributed by atoms with E-state index >= 15 is 0 Å². The summed E-state index contributed by atoms with van der Waals surface area (Å²) in [4.78, 5) is 5.17. The molecule has 1 aromatic rings. The van der Waals surface area contributed by atoms with Gasteiger partial charge in [0.1, 0.15) is 12.4 Å². The molecule has 0 radical (unpaired) electrons. The highest BCUT2D eigenvalue weighted by molar-refractivity contribution is 5.27. The largest absolute Gasteiger partial charge is 0.492 e. The first kappa shape index (κ1) is 14.8. The maximum atomic E-state index is 5.85. The fraction of sp³-hybridized carbons (Fsp3) is 0.647. The highest BCUT2D eigenvalue weighted by atomic mass is 16.5. The van der Waals surface area contributed by atoms with E-state index < -0.39 is 0 Å². The summed E-state index contributed by atoms with van der Waals surface area (Å²) in [5, 5.41) is 3.46. The molecule has 2 fully saturated rings. The first-order valence-corrected chi connectivity index (χ1v) is 8.18. The van der Waals surface area contributed by atoms with Crippen LogP contribution in [-0.2, 0) is 0 Å². The number of hydrogen-bond donors (Lipinski definition) is 1. The Hall–Kier alpha value is -1.10. The zero-order chi connectivity index (χ0) is 14.5. The molecular weight excluding hydrogens is 262 g/mol. The minimum absolute atomic E-state index is 0.774. The number of nitrogens with zero attached hydrogens (tertiary/aromatic N) is 2. The summed E-state index contributed by atoms with van der Waals surface area (Å²) in [6.07, 6.45) is 1.32. The minimum Gasteiger partial charge on any atom is -0.492 e. The van der Waals surface area contributed by atoms with Crippen LogP contribution in [0.5, 0.6) is 5.75 Å². The molecule has 2 saturated heterocycles. The van der Waals surface area contributed by atoms with Crippen LogP contribution in [0, 0.1) is 6.92 Å². The van der Waals surface area contributed by atoms with Gasteiger partial charge in [-0.05, 0) is 37.6 Å². The van der Waals surface area contributed by atoms with Crippen molar-refractivity contribution in [1.82, 2.24) is 15.1 Å². The molecule has 0 aromatic heterocycles. The van der Waals surface area contributed by atoms with E-state index in [0.29, 0.717) is 0 Å². The van der Waals surface area contributed by atoms with Gasteiger partial charge in [-0.25, -0.2) is 0 Å². The van der Waals surface area contributed by atoms with Crippen LogP contribution in [0.2, 0.25) is 0 Å². The van der Waals surface area contributed by atoms with Crippen LogP contribution in [0.25, 0.3) is 0 Å². The van der Waals surface area contributed by atoms with Gasteiger partial charge in [-0.2, -0.15) is 0 Å². The van der Waals surface area contributed by atoms with Crippen LogP contribution in [-0.4, -0.2) is 68.3 Å². The van der Waals surface area contributed by atoms with Gasteiger partial charge in [0.05, 0.1) is 0 Å².